The Labute approximate surface area is 117 Å². The molecule has 0 atom stereocenters. The average molecular weight is 301 g/mol. The van der Waals surface area contributed by atoms with E-state index in [-0.39, 0.29) is 17.6 Å². The summed E-state index contributed by atoms with van der Waals surface area (Å²) in [5.41, 5.74) is 2.99. The molecule has 2 aromatic rings. The summed E-state index contributed by atoms with van der Waals surface area (Å²) >= 11 is 6.77. The number of hydrogen-bond donors (Lipinski definition) is 1. The number of nitrogens with zero attached hydrogens (tertiary/aromatic N) is 3. The molecule has 0 bridgehead atoms. The summed E-state index contributed by atoms with van der Waals surface area (Å²) in [6.45, 7) is 1.77. The van der Waals surface area contributed by atoms with Crippen molar-refractivity contribution in [3.05, 3.63) is 39.1 Å². The number of carbonyl (C=O) groups excluding carboxylic acids is 1. The Hall–Kier alpha value is -1.73. The summed E-state index contributed by atoms with van der Waals surface area (Å²) in [5.74, 6) is -0.340. The Morgan fingerprint density at radius 3 is 3.05 bits per heavy atom. The van der Waals surface area contributed by atoms with Gasteiger partial charge in [0.1, 0.15) is 6.54 Å². The molecule has 5 nitrogen and oxygen atoms in total. The van der Waals surface area contributed by atoms with E-state index in [9.17, 15) is 9.18 Å². The van der Waals surface area contributed by atoms with Gasteiger partial charge in [0.05, 0.1) is 21.8 Å². The van der Waals surface area contributed by atoms with Crippen molar-refractivity contribution in [3.8, 4) is 0 Å². The first-order valence-corrected chi connectivity index (χ1v) is 6.51. The third-order valence-electron chi connectivity index (χ3n) is 2.17. The maximum absolute atomic E-state index is 12.7. The molecule has 0 radical (unpaired) electrons. The van der Waals surface area contributed by atoms with Crippen LogP contribution < -0.4 is 5.43 Å². The van der Waals surface area contributed by atoms with E-state index < -0.39 is 0 Å². The highest BCUT2D eigenvalue weighted by atomic mass is 35.5. The summed E-state index contributed by atoms with van der Waals surface area (Å²) in [6, 6.07) is 2.91. The van der Waals surface area contributed by atoms with Crippen LogP contribution in [-0.2, 0) is 11.3 Å². The van der Waals surface area contributed by atoms with Gasteiger partial charge < -0.3 is 0 Å². The lowest BCUT2D eigenvalue weighted by molar-refractivity contribution is -0.121. The molecule has 0 unspecified atom stereocenters. The van der Waals surface area contributed by atoms with Crippen molar-refractivity contribution >= 4 is 35.1 Å². The molecule has 1 amide bonds. The Morgan fingerprint density at radius 2 is 2.47 bits per heavy atom. The predicted molar refractivity (Wildman–Crippen MR) is 72.0 cm³/mol. The third kappa shape index (κ3) is 3.87. The normalized spacial score (nSPS) is 11.1. The molecule has 100 valence electrons. The molecule has 2 aromatic heterocycles. The van der Waals surface area contributed by atoms with Gasteiger partial charge in [-0.25, -0.2) is 5.43 Å². The van der Waals surface area contributed by atoms with Crippen LogP contribution in [0, 0.1) is 12.1 Å². The van der Waals surface area contributed by atoms with Crippen molar-refractivity contribution in [2.45, 2.75) is 13.5 Å². The van der Waals surface area contributed by atoms with Crippen LogP contribution in [0.5, 0.6) is 0 Å². The summed E-state index contributed by atoms with van der Waals surface area (Å²) in [6.07, 6.45) is 2.95. The van der Waals surface area contributed by atoms with Gasteiger partial charge in [-0.2, -0.15) is 14.6 Å². The fourth-order valence-electron chi connectivity index (χ4n) is 1.32. The predicted octanol–water partition coefficient (Wildman–Crippen LogP) is 2.20. The van der Waals surface area contributed by atoms with E-state index in [0.717, 1.165) is 11.3 Å². The van der Waals surface area contributed by atoms with Crippen LogP contribution in [-0.4, -0.2) is 21.9 Å². The molecule has 19 heavy (non-hydrogen) atoms. The lowest BCUT2D eigenvalue weighted by Gasteiger charge is -1.99. The van der Waals surface area contributed by atoms with Gasteiger partial charge >= 0.3 is 0 Å². The van der Waals surface area contributed by atoms with Crippen LogP contribution in [0.25, 0.3) is 0 Å². The van der Waals surface area contributed by atoms with E-state index in [1.807, 2.05) is 0 Å². The molecule has 0 saturated heterocycles. The Bertz CT molecular complexity index is 602. The second kappa shape index (κ2) is 5.94. The van der Waals surface area contributed by atoms with Gasteiger partial charge in [0.2, 0.25) is 0 Å². The van der Waals surface area contributed by atoms with Crippen molar-refractivity contribution in [3.63, 3.8) is 0 Å². The maximum Gasteiger partial charge on any atom is 0.261 e. The molecule has 0 aliphatic rings. The van der Waals surface area contributed by atoms with Gasteiger partial charge in [0, 0.05) is 6.20 Å². The highest BCUT2D eigenvalue weighted by molar-refractivity contribution is 7.12. The Morgan fingerprint density at radius 1 is 1.68 bits per heavy atom. The first kappa shape index (κ1) is 13.7. The number of halogens is 2. The summed E-state index contributed by atoms with van der Waals surface area (Å²) in [7, 11) is 0. The minimum atomic E-state index is -0.340. The maximum atomic E-state index is 12.7. The second-order valence-corrected chi connectivity index (χ2v) is 5.17. The number of nitrogens with one attached hydrogen (secondary N) is 1. The zero-order valence-corrected chi connectivity index (χ0v) is 11.5. The van der Waals surface area contributed by atoms with Crippen LogP contribution in [0.3, 0.4) is 0 Å². The van der Waals surface area contributed by atoms with Gasteiger partial charge in [0.15, 0.2) is 5.13 Å². The number of carbonyl (C=O) groups is 1. The van der Waals surface area contributed by atoms with Crippen molar-refractivity contribution < 1.29 is 9.18 Å². The SMILES string of the molecule is Cc1nn(CC(=O)NN=Cc2ccc(F)s2)cc1Cl. The molecule has 0 aliphatic heterocycles. The monoisotopic (exact) mass is 300 g/mol. The molecule has 0 aliphatic carbocycles. The van der Waals surface area contributed by atoms with Crippen molar-refractivity contribution in [1.82, 2.24) is 15.2 Å². The highest BCUT2D eigenvalue weighted by Gasteiger charge is 2.05. The molecular formula is C11H10ClFN4OS. The van der Waals surface area contributed by atoms with E-state index in [4.69, 9.17) is 11.6 Å². The minimum Gasteiger partial charge on any atom is -0.271 e. The average Bonchev–Trinajstić information content (AvgIpc) is 2.86. The van der Waals surface area contributed by atoms with Crippen LogP contribution >= 0.6 is 22.9 Å². The molecule has 1 N–H and O–H groups in total. The zero-order valence-electron chi connectivity index (χ0n) is 9.93. The molecule has 0 saturated carbocycles. The Kier molecular flexibility index (Phi) is 4.28. The molecule has 0 aromatic carbocycles. The fraction of sp³-hybridized carbons (Fsp3) is 0.182. The Balaban J connectivity index is 1.86. The highest BCUT2D eigenvalue weighted by Crippen LogP contribution is 2.12. The standard InChI is InChI=1S/C11H10ClFN4OS/c1-7-9(12)5-17(16-7)6-11(18)15-14-4-8-2-3-10(13)19-8/h2-5H,6H2,1H3,(H,15,18). The van der Waals surface area contributed by atoms with Gasteiger partial charge in [-0.05, 0) is 19.1 Å². The molecule has 8 heteroatoms. The van der Waals surface area contributed by atoms with E-state index >= 15 is 0 Å². The number of amides is 1. The number of thiophene rings is 1. The van der Waals surface area contributed by atoms with E-state index in [1.165, 1.54) is 17.0 Å². The smallest absolute Gasteiger partial charge is 0.261 e. The van der Waals surface area contributed by atoms with Gasteiger partial charge in [-0.15, -0.1) is 11.3 Å². The van der Waals surface area contributed by atoms with E-state index in [1.54, 1.807) is 19.2 Å². The van der Waals surface area contributed by atoms with Crippen LogP contribution in [0.2, 0.25) is 5.02 Å². The zero-order chi connectivity index (χ0) is 13.8. The lowest BCUT2D eigenvalue weighted by atomic mass is 10.5. The number of hydrogen-bond acceptors (Lipinski definition) is 4. The number of hydrazone groups is 1. The third-order valence-corrected chi connectivity index (χ3v) is 3.35. The summed E-state index contributed by atoms with van der Waals surface area (Å²) in [4.78, 5) is 12.2. The second-order valence-electron chi connectivity index (χ2n) is 3.70. The van der Waals surface area contributed by atoms with E-state index in [0.29, 0.717) is 15.6 Å². The lowest BCUT2D eigenvalue weighted by Crippen LogP contribution is -2.23. The summed E-state index contributed by atoms with van der Waals surface area (Å²) < 4.78 is 14.1. The van der Waals surface area contributed by atoms with Crippen LogP contribution in [0.1, 0.15) is 10.6 Å². The molecule has 2 rings (SSSR count). The topological polar surface area (TPSA) is 59.3 Å². The first-order valence-electron chi connectivity index (χ1n) is 5.31. The number of aromatic nitrogens is 2. The van der Waals surface area contributed by atoms with Crippen LogP contribution in [0.15, 0.2) is 23.4 Å². The number of aryl methyl sites for hydroxylation is 1. The molecule has 0 spiro atoms. The van der Waals surface area contributed by atoms with Crippen LogP contribution in [0.4, 0.5) is 4.39 Å². The van der Waals surface area contributed by atoms with Crippen molar-refractivity contribution in [1.29, 1.82) is 0 Å². The minimum absolute atomic E-state index is 0.0176. The van der Waals surface area contributed by atoms with Crippen molar-refractivity contribution in [2.24, 2.45) is 5.10 Å². The first-order chi connectivity index (χ1) is 9.04. The van der Waals surface area contributed by atoms with Gasteiger partial charge in [-0.1, -0.05) is 11.6 Å². The fourth-order valence-corrected chi connectivity index (χ4v) is 2.08. The largest absolute Gasteiger partial charge is 0.271 e. The van der Waals surface area contributed by atoms with Gasteiger partial charge in [0.25, 0.3) is 5.91 Å². The van der Waals surface area contributed by atoms with Gasteiger partial charge in [-0.3, -0.25) is 9.48 Å². The number of rotatable bonds is 4. The quantitative estimate of drug-likeness (QED) is 0.695. The molecular weight excluding hydrogens is 291 g/mol. The summed E-state index contributed by atoms with van der Waals surface area (Å²) in [5, 5.41) is 7.98. The van der Waals surface area contributed by atoms with Crippen molar-refractivity contribution in [2.75, 3.05) is 0 Å². The van der Waals surface area contributed by atoms with E-state index in [2.05, 4.69) is 15.6 Å². The molecule has 2 heterocycles. The molecule has 0 fully saturated rings.